The molecule has 14 heavy (non-hydrogen) atoms. The average molecular weight is 214 g/mol. The van der Waals surface area contributed by atoms with Crippen LogP contribution in [-0.2, 0) is 0 Å². The Labute approximate surface area is 84.8 Å². The summed E-state index contributed by atoms with van der Waals surface area (Å²) in [5.74, 6) is -1.17. The van der Waals surface area contributed by atoms with Crippen LogP contribution in [0.15, 0.2) is 16.9 Å². The van der Waals surface area contributed by atoms with Gasteiger partial charge in [0.1, 0.15) is 5.15 Å². The van der Waals surface area contributed by atoms with Crippen molar-refractivity contribution in [2.24, 2.45) is 0 Å². The zero-order valence-electron chi connectivity index (χ0n) is 7.37. The molecule has 0 aromatic carbocycles. The van der Waals surface area contributed by atoms with Gasteiger partial charge in [0, 0.05) is 5.56 Å². The van der Waals surface area contributed by atoms with Gasteiger partial charge in [0.2, 0.25) is 0 Å². The summed E-state index contributed by atoms with van der Waals surface area (Å²) >= 11 is 5.54. The van der Waals surface area contributed by atoms with Gasteiger partial charge in [-0.25, -0.2) is 4.79 Å². The molecule has 1 aromatic heterocycles. The molecule has 0 unspecified atom stereocenters. The molecule has 5 heteroatoms. The van der Waals surface area contributed by atoms with Gasteiger partial charge in [0.15, 0.2) is 0 Å². The lowest BCUT2D eigenvalue weighted by atomic mass is 10.2. The van der Waals surface area contributed by atoms with Gasteiger partial charge in [-0.15, -0.1) is 0 Å². The fourth-order valence-electron chi connectivity index (χ4n) is 0.983. The van der Waals surface area contributed by atoms with Crippen LogP contribution in [0.25, 0.3) is 6.08 Å². The smallest absolute Gasteiger partial charge is 0.338 e. The Morgan fingerprint density at radius 2 is 2.29 bits per heavy atom. The van der Waals surface area contributed by atoms with Crippen molar-refractivity contribution < 1.29 is 9.90 Å². The highest BCUT2D eigenvalue weighted by Gasteiger charge is 2.11. The number of rotatable bonds is 2. The number of H-pyrrole nitrogens is 1. The molecule has 0 saturated heterocycles. The molecule has 1 aromatic rings. The second-order valence-electron chi connectivity index (χ2n) is 2.59. The molecule has 4 nitrogen and oxygen atoms in total. The van der Waals surface area contributed by atoms with Crippen LogP contribution in [-0.4, -0.2) is 16.1 Å². The van der Waals surface area contributed by atoms with E-state index in [9.17, 15) is 9.59 Å². The number of aromatic amines is 1. The minimum atomic E-state index is -1.17. The maximum Gasteiger partial charge on any atom is 0.338 e. The molecule has 0 fully saturated rings. The van der Waals surface area contributed by atoms with Gasteiger partial charge in [0.05, 0.1) is 5.56 Å². The van der Waals surface area contributed by atoms with Crippen LogP contribution in [0.4, 0.5) is 0 Å². The molecule has 0 aliphatic carbocycles. The van der Waals surface area contributed by atoms with Crippen molar-refractivity contribution in [3.8, 4) is 0 Å². The van der Waals surface area contributed by atoms with Crippen LogP contribution in [0.5, 0.6) is 0 Å². The predicted octanol–water partition coefficient (Wildman–Crippen LogP) is 1.76. The quantitative estimate of drug-likeness (QED) is 0.736. The lowest BCUT2D eigenvalue weighted by Gasteiger charge is -1.99. The Morgan fingerprint density at radius 1 is 1.64 bits per heavy atom. The van der Waals surface area contributed by atoms with Gasteiger partial charge in [-0.05, 0) is 13.0 Å². The third kappa shape index (κ3) is 2.03. The standard InChI is InChI=1S/C9H8ClNO3/c1-2-3-5-4-6(9(13)14)7(10)11-8(5)12/h2-4H,1H3,(H,11,12)(H,13,14). The van der Waals surface area contributed by atoms with Crippen LogP contribution in [0.1, 0.15) is 22.8 Å². The SMILES string of the molecule is CC=Cc1cc(C(=O)O)c(Cl)[nH]c1=O. The van der Waals surface area contributed by atoms with Crippen LogP contribution >= 0.6 is 11.6 Å². The van der Waals surface area contributed by atoms with Crippen molar-refractivity contribution in [3.05, 3.63) is 38.8 Å². The summed E-state index contributed by atoms with van der Waals surface area (Å²) in [6.07, 6.45) is 3.16. The summed E-state index contributed by atoms with van der Waals surface area (Å²) < 4.78 is 0. The van der Waals surface area contributed by atoms with Gasteiger partial charge in [-0.3, -0.25) is 4.79 Å². The lowest BCUT2D eigenvalue weighted by Crippen LogP contribution is -2.13. The van der Waals surface area contributed by atoms with Crippen LogP contribution in [0.2, 0.25) is 5.15 Å². The zero-order chi connectivity index (χ0) is 10.7. The third-order valence-electron chi connectivity index (χ3n) is 1.60. The molecular formula is C9H8ClNO3. The number of nitrogens with one attached hydrogen (secondary N) is 1. The first-order valence-corrected chi connectivity index (χ1v) is 4.23. The van der Waals surface area contributed by atoms with Crippen molar-refractivity contribution in [2.45, 2.75) is 6.92 Å². The van der Waals surface area contributed by atoms with E-state index in [4.69, 9.17) is 16.7 Å². The maximum atomic E-state index is 11.2. The first kappa shape index (κ1) is 10.5. The van der Waals surface area contributed by atoms with E-state index >= 15 is 0 Å². The van der Waals surface area contributed by atoms with Gasteiger partial charge >= 0.3 is 5.97 Å². The average Bonchev–Trinajstić information content (AvgIpc) is 2.09. The van der Waals surface area contributed by atoms with Crippen LogP contribution in [0, 0.1) is 0 Å². The summed E-state index contributed by atoms with van der Waals surface area (Å²) in [5, 5.41) is 8.56. The molecule has 2 N–H and O–H groups in total. The van der Waals surface area contributed by atoms with Crippen molar-refractivity contribution in [1.82, 2.24) is 4.98 Å². The molecular weight excluding hydrogens is 206 g/mol. The Bertz CT molecular complexity index is 448. The highest BCUT2D eigenvalue weighted by atomic mass is 35.5. The Morgan fingerprint density at radius 3 is 2.79 bits per heavy atom. The van der Waals surface area contributed by atoms with E-state index in [0.717, 1.165) is 0 Å². The first-order chi connectivity index (χ1) is 6.56. The van der Waals surface area contributed by atoms with Crippen LogP contribution in [0.3, 0.4) is 0 Å². The molecule has 0 radical (unpaired) electrons. The predicted molar refractivity (Wildman–Crippen MR) is 53.7 cm³/mol. The number of hydrogen-bond acceptors (Lipinski definition) is 2. The normalized spacial score (nSPS) is 10.7. The van der Waals surface area contributed by atoms with Gasteiger partial charge in [-0.2, -0.15) is 0 Å². The fourth-order valence-corrected chi connectivity index (χ4v) is 1.20. The molecule has 0 aliphatic heterocycles. The second kappa shape index (κ2) is 4.11. The van der Waals surface area contributed by atoms with Crippen molar-refractivity contribution in [1.29, 1.82) is 0 Å². The minimum Gasteiger partial charge on any atom is -0.478 e. The Kier molecular flexibility index (Phi) is 3.09. The van der Waals surface area contributed by atoms with Crippen LogP contribution < -0.4 is 5.56 Å². The molecule has 0 atom stereocenters. The molecule has 74 valence electrons. The number of allylic oxidation sites excluding steroid dienone is 1. The molecule has 1 heterocycles. The third-order valence-corrected chi connectivity index (χ3v) is 1.90. The van der Waals surface area contributed by atoms with E-state index < -0.39 is 11.5 Å². The number of carboxylic acid groups (broad SMARTS) is 1. The molecule has 0 saturated carbocycles. The van der Waals surface area contributed by atoms with E-state index in [2.05, 4.69) is 4.98 Å². The fraction of sp³-hybridized carbons (Fsp3) is 0.111. The summed E-state index contributed by atoms with van der Waals surface area (Å²) in [5.41, 5.74) is -0.244. The topological polar surface area (TPSA) is 70.2 Å². The lowest BCUT2D eigenvalue weighted by molar-refractivity contribution is 0.0696. The monoisotopic (exact) mass is 213 g/mol. The number of carboxylic acids is 1. The van der Waals surface area contributed by atoms with E-state index in [1.54, 1.807) is 13.0 Å². The summed E-state index contributed by atoms with van der Waals surface area (Å²) in [4.78, 5) is 24.1. The van der Waals surface area contributed by atoms with E-state index in [1.807, 2.05) is 0 Å². The highest BCUT2D eigenvalue weighted by Crippen LogP contribution is 2.12. The summed E-state index contributed by atoms with van der Waals surface area (Å²) in [7, 11) is 0. The Balaban J connectivity index is 3.42. The largest absolute Gasteiger partial charge is 0.478 e. The summed E-state index contributed by atoms with van der Waals surface area (Å²) in [6, 6.07) is 1.24. The minimum absolute atomic E-state index is 0.112. The molecule has 0 aliphatic rings. The Hall–Kier alpha value is -1.55. The van der Waals surface area contributed by atoms with Crippen molar-refractivity contribution >= 4 is 23.6 Å². The second-order valence-corrected chi connectivity index (χ2v) is 2.96. The molecule has 1 rings (SSSR count). The number of pyridine rings is 1. The number of aromatic carboxylic acids is 1. The van der Waals surface area contributed by atoms with Crippen molar-refractivity contribution in [2.75, 3.05) is 0 Å². The van der Waals surface area contributed by atoms with Gasteiger partial charge < -0.3 is 10.1 Å². The molecule has 0 bridgehead atoms. The first-order valence-electron chi connectivity index (χ1n) is 3.85. The van der Waals surface area contributed by atoms with E-state index in [0.29, 0.717) is 0 Å². The number of hydrogen-bond donors (Lipinski definition) is 2. The highest BCUT2D eigenvalue weighted by molar-refractivity contribution is 6.32. The maximum absolute atomic E-state index is 11.2. The number of carbonyl (C=O) groups is 1. The number of halogens is 1. The number of aromatic nitrogens is 1. The molecule has 0 spiro atoms. The molecule has 0 amide bonds. The van der Waals surface area contributed by atoms with Crippen molar-refractivity contribution in [3.63, 3.8) is 0 Å². The van der Waals surface area contributed by atoms with E-state index in [-0.39, 0.29) is 16.3 Å². The van der Waals surface area contributed by atoms with Gasteiger partial charge in [-0.1, -0.05) is 23.8 Å². The zero-order valence-corrected chi connectivity index (χ0v) is 8.13. The van der Waals surface area contributed by atoms with Gasteiger partial charge in [0.25, 0.3) is 5.56 Å². The summed E-state index contributed by atoms with van der Waals surface area (Å²) in [6.45, 7) is 1.73. The van der Waals surface area contributed by atoms with E-state index in [1.165, 1.54) is 12.1 Å².